The molecule has 2 fully saturated rings. The maximum Gasteiger partial charge on any atom is 0.247 e. The van der Waals surface area contributed by atoms with E-state index >= 15 is 0 Å². The van der Waals surface area contributed by atoms with Crippen molar-refractivity contribution in [1.82, 2.24) is 10.2 Å². The van der Waals surface area contributed by atoms with Crippen LogP contribution in [0.3, 0.4) is 0 Å². The van der Waals surface area contributed by atoms with Gasteiger partial charge in [0, 0.05) is 5.70 Å². The molecule has 0 aromatic heterocycles. The number of nitrogens with one attached hydrogen (secondary N) is 1. The van der Waals surface area contributed by atoms with Crippen LogP contribution in [0.15, 0.2) is 12.3 Å². The Hall–Kier alpha value is -0.480. The smallest absolute Gasteiger partial charge is 0.247 e. The Morgan fingerprint density at radius 2 is 1.90 bits per heavy atom. The molecule has 0 bridgehead atoms. The highest BCUT2D eigenvalue weighted by Gasteiger charge is 2.57. The van der Waals surface area contributed by atoms with Crippen LogP contribution in [-0.4, -0.2) is 33.5 Å². The summed E-state index contributed by atoms with van der Waals surface area (Å²) >= 11 is 1.86. The summed E-state index contributed by atoms with van der Waals surface area (Å²) in [6, 6.07) is 0.00849. The number of β-lactam (4-membered cyclic amide) rings is 1. The van der Waals surface area contributed by atoms with Crippen molar-refractivity contribution in [3.8, 4) is 0 Å². The van der Waals surface area contributed by atoms with Crippen molar-refractivity contribution in [2.45, 2.75) is 75.5 Å². The molecule has 1 N–H and O–H groups in total. The number of fused-ring (bicyclic) bond motifs is 1. The Bertz CT molecular complexity index is 381. The molecule has 3 nitrogen and oxygen atoms in total. The summed E-state index contributed by atoms with van der Waals surface area (Å²) in [7, 11) is 0. The summed E-state index contributed by atoms with van der Waals surface area (Å²) in [5.74, 6) is 0.212. The molecule has 2 saturated heterocycles. The molecule has 20 heavy (non-hydrogen) atoms. The first-order chi connectivity index (χ1) is 9.49. The van der Waals surface area contributed by atoms with Crippen LogP contribution in [0.1, 0.15) is 59.3 Å². The van der Waals surface area contributed by atoms with Gasteiger partial charge in [-0.2, -0.15) is 0 Å². The van der Waals surface area contributed by atoms with Crippen LogP contribution in [0.4, 0.5) is 0 Å². The van der Waals surface area contributed by atoms with Gasteiger partial charge >= 0.3 is 0 Å². The van der Waals surface area contributed by atoms with Gasteiger partial charge in [0.2, 0.25) is 5.91 Å². The Morgan fingerprint density at radius 1 is 1.25 bits per heavy atom. The van der Waals surface area contributed by atoms with E-state index in [1.807, 2.05) is 16.7 Å². The second kappa shape index (κ2) is 6.52. The maximum atomic E-state index is 12.1. The standard InChI is InChI=1S/C16H28N2OS/c1-5-6-7-8-9-10-11-17-13-14(19)18-12(2)16(3,4)20-15(13)18/h13,15,17H,2,5-11H2,1,3-4H3/t13-,15-/m1/s1. The summed E-state index contributed by atoms with van der Waals surface area (Å²) < 4.78 is -0.00307. The first-order valence-electron chi connectivity index (χ1n) is 7.92. The van der Waals surface area contributed by atoms with Gasteiger partial charge in [0.15, 0.2) is 0 Å². The summed E-state index contributed by atoms with van der Waals surface area (Å²) in [5.41, 5.74) is 0.968. The summed E-state index contributed by atoms with van der Waals surface area (Å²) in [6.45, 7) is 11.6. The summed E-state index contributed by atoms with van der Waals surface area (Å²) in [4.78, 5) is 14.0. The van der Waals surface area contributed by atoms with Gasteiger partial charge < -0.3 is 5.32 Å². The minimum atomic E-state index is -0.00307. The lowest BCUT2D eigenvalue weighted by Gasteiger charge is -2.42. The average Bonchev–Trinajstić information content (AvgIpc) is 2.61. The largest absolute Gasteiger partial charge is 0.303 e. The molecule has 114 valence electrons. The van der Waals surface area contributed by atoms with Gasteiger partial charge in [-0.05, 0) is 26.8 Å². The van der Waals surface area contributed by atoms with Crippen molar-refractivity contribution in [2.75, 3.05) is 6.54 Å². The quantitative estimate of drug-likeness (QED) is 0.549. The summed E-state index contributed by atoms with van der Waals surface area (Å²) in [6.07, 6.45) is 7.76. The number of thioether (sulfide) groups is 1. The normalized spacial score (nSPS) is 27.6. The van der Waals surface area contributed by atoms with Crippen LogP contribution >= 0.6 is 11.8 Å². The highest BCUT2D eigenvalue weighted by molar-refractivity contribution is 8.01. The molecule has 0 aliphatic carbocycles. The Kier molecular flexibility index (Phi) is 5.19. The van der Waals surface area contributed by atoms with Crippen LogP contribution in [0, 0.1) is 0 Å². The lowest BCUT2D eigenvalue weighted by molar-refractivity contribution is -0.142. The van der Waals surface area contributed by atoms with Crippen molar-refractivity contribution in [1.29, 1.82) is 0 Å². The number of carbonyl (C=O) groups excluding carboxylic acids is 1. The van der Waals surface area contributed by atoms with Crippen molar-refractivity contribution in [3.05, 3.63) is 12.3 Å². The number of hydrogen-bond donors (Lipinski definition) is 1. The number of nitrogens with zero attached hydrogens (tertiary/aromatic N) is 1. The van der Waals surface area contributed by atoms with Gasteiger partial charge in [-0.25, -0.2) is 0 Å². The van der Waals surface area contributed by atoms with Crippen LogP contribution in [-0.2, 0) is 4.79 Å². The van der Waals surface area contributed by atoms with Crippen molar-refractivity contribution in [2.24, 2.45) is 0 Å². The lowest BCUT2D eigenvalue weighted by Crippen LogP contribution is -2.65. The van der Waals surface area contributed by atoms with E-state index in [0.717, 1.165) is 12.2 Å². The molecular formula is C16H28N2OS. The van der Waals surface area contributed by atoms with Crippen molar-refractivity contribution >= 4 is 17.7 Å². The zero-order valence-electron chi connectivity index (χ0n) is 13.1. The van der Waals surface area contributed by atoms with E-state index in [0.29, 0.717) is 0 Å². The molecule has 0 spiro atoms. The molecular weight excluding hydrogens is 268 g/mol. The van der Waals surface area contributed by atoms with E-state index < -0.39 is 0 Å². The van der Waals surface area contributed by atoms with E-state index in [1.54, 1.807) is 0 Å². The Morgan fingerprint density at radius 3 is 2.60 bits per heavy atom. The van der Waals surface area contributed by atoms with Crippen LogP contribution in [0.5, 0.6) is 0 Å². The van der Waals surface area contributed by atoms with Gasteiger partial charge in [-0.15, -0.1) is 11.8 Å². The average molecular weight is 296 g/mol. The van der Waals surface area contributed by atoms with E-state index in [-0.39, 0.29) is 22.1 Å². The SMILES string of the molecule is C=C1N2C(=O)[C@@H](NCCCCCCCC)[C@H]2SC1(C)C. The highest BCUT2D eigenvalue weighted by Crippen LogP contribution is 2.52. The molecule has 0 unspecified atom stereocenters. The van der Waals surface area contributed by atoms with Crippen LogP contribution in [0.2, 0.25) is 0 Å². The fraction of sp³-hybridized carbons (Fsp3) is 0.812. The fourth-order valence-electron chi connectivity index (χ4n) is 2.88. The van der Waals surface area contributed by atoms with Crippen LogP contribution in [0.25, 0.3) is 0 Å². The van der Waals surface area contributed by atoms with Gasteiger partial charge in [0.25, 0.3) is 0 Å². The monoisotopic (exact) mass is 296 g/mol. The fourth-order valence-corrected chi connectivity index (χ4v) is 4.41. The maximum absolute atomic E-state index is 12.1. The third-order valence-electron chi connectivity index (χ3n) is 4.34. The lowest BCUT2D eigenvalue weighted by atomic mass is 10.0. The predicted octanol–water partition coefficient (Wildman–Crippen LogP) is 3.51. The third-order valence-corrected chi connectivity index (χ3v) is 5.89. The Balaban J connectivity index is 1.66. The van der Waals surface area contributed by atoms with Crippen molar-refractivity contribution < 1.29 is 4.79 Å². The molecule has 2 aliphatic heterocycles. The van der Waals surface area contributed by atoms with Gasteiger partial charge in [-0.1, -0.05) is 45.6 Å². The number of rotatable bonds is 8. The number of unbranched alkanes of at least 4 members (excludes halogenated alkanes) is 5. The van der Waals surface area contributed by atoms with Gasteiger partial charge in [0.1, 0.15) is 11.4 Å². The molecule has 1 amide bonds. The molecule has 2 aliphatic rings. The second-order valence-corrected chi connectivity index (χ2v) is 8.11. The van der Waals surface area contributed by atoms with Gasteiger partial charge in [-0.3, -0.25) is 9.69 Å². The minimum absolute atomic E-state index is 0.00307. The third kappa shape index (κ3) is 3.06. The molecule has 4 heteroatoms. The molecule has 0 radical (unpaired) electrons. The topological polar surface area (TPSA) is 32.3 Å². The Labute approximate surface area is 127 Å². The van der Waals surface area contributed by atoms with E-state index in [9.17, 15) is 4.79 Å². The van der Waals surface area contributed by atoms with Crippen molar-refractivity contribution in [3.63, 3.8) is 0 Å². The highest BCUT2D eigenvalue weighted by atomic mass is 32.2. The van der Waals surface area contributed by atoms with Crippen LogP contribution < -0.4 is 5.32 Å². The molecule has 0 saturated carbocycles. The number of carbonyl (C=O) groups is 1. The molecule has 2 heterocycles. The first-order valence-corrected chi connectivity index (χ1v) is 8.80. The molecule has 0 aromatic carbocycles. The number of amides is 1. The first kappa shape index (κ1) is 15.9. The molecule has 2 rings (SSSR count). The molecule has 2 atom stereocenters. The zero-order valence-corrected chi connectivity index (χ0v) is 13.9. The van der Waals surface area contributed by atoms with Gasteiger partial charge in [0.05, 0.1) is 4.75 Å². The van der Waals surface area contributed by atoms with E-state index in [4.69, 9.17) is 0 Å². The molecule has 0 aromatic rings. The van der Waals surface area contributed by atoms with E-state index in [2.05, 4.69) is 32.7 Å². The van der Waals surface area contributed by atoms with E-state index in [1.165, 1.54) is 38.5 Å². The summed E-state index contributed by atoms with van der Waals surface area (Å²) in [5, 5.41) is 3.70. The number of hydrogen-bond acceptors (Lipinski definition) is 3. The second-order valence-electron chi connectivity index (χ2n) is 6.37. The predicted molar refractivity (Wildman–Crippen MR) is 86.6 cm³/mol. The minimum Gasteiger partial charge on any atom is -0.303 e. The zero-order chi connectivity index (χ0) is 14.8.